The van der Waals surface area contributed by atoms with Crippen LogP contribution >= 0.6 is 0 Å². The van der Waals surface area contributed by atoms with Gasteiger partial charge < -0.3 is 14.5 Å². The van der Waals surface area contributed by atoms with Crippen LogP contribution in [0, 0.1) is 5.92 Å². The lowest BCUT2D eigenvalue weighted by atomic mass is 9.85. The van der Waals surface area contributed by atoms with Crippen molar-refractivity contribution in [3.05, 3.63) is 54.0 Å². The van der Waals surface area contributed by atoms with Gasteiger partial charge in [0.05, 0.1) is 36.3 Å². The molecule has 2 aromatic rings. The van der Waals surface area contributed by atoms with E-state index in [0.717, 1.165) is 85.8 Å². The number of ketones is 2. The predicted octanol–water partition coefficient (Wildman–Crippen LogP) is 2.84. The number of pyridine rings is 1. The molecule has 0 amide bonds. The second kappa shape index (κ2) is 9.50. The van der Waals surface area contributed by atoms with Crippen molar-refractivity contribution in [1.82, 2.24) is 14.8 Å². The Balaban J connectivity index is 1.11. The molecular formula is C28H31N5O3. The summed E-state index contributed by atoms with van der Waals surface area (Å²) in [6, 6.07) is 8.72. The number of benzene rings is 1. The molecule has 4 aliphatic rings. The molecule has 1 unspecified atom stereocenters. The molecule has 6 rings (SSSR count). The van der Waals surface area contributed by atoms with E-state index in [4.69, 9.17) is 4.74 Å². The van der Waals surface area contributed by atoms with Crippen LogP contribution in [0.3, 0.4) is 0 Å². The molecule has 8 nitrogen and oxygen atoms in total. The van der Waals surface area contributed by atoms with Crippen molar-refractivity contribution in [3.63, 3.8) is 0 Å². The van der Waals surface area contributed by atoms with Crippen molar-refractivity contribution in [3.8, 4) is 5.75 Å². The van der Waals surface area contributed by atoms with Crippen LogP contribution in [0.2, 0.25) is 0 Å². The number of nitrogens with zero attached hydrogens (tertiary/aromatic N) is 5. The van der Waals surface area contributed by atoms with Gasteiger partial charge in [-0.3, -0.25) is 24.5 Å². The molecule has 2 saturated heterocycles. The van der Waals surface area contributed by atoms with Gasteiger partial charge in [-0.2, -0.15) is 0 Å². The number of piperidine rings is 1. The largest absolute Gasteiger partial charge is 0.497 e. The Morgan fingerprint density at radius 3 is 2.58 bits per heavy atom. The SMILES string of the molecule is COc1cc(N2CCN(C3CCN(C4=C5N=CC=CC5C(=O)C(=O)C4)CC3)CC2)c2ncccc2c1. The van der Waals surface area contributed by atoms with Gasteiger partial charge in [-0.1, -0.05) is 12.1 Å². The van der Waals surface area contributed by atoms with Gasteiger partial charge >= 0.3 is 0 Å². The summed E-state index contributed by atoms with van der Waals surface area (Å²) >= 11 is 0. The molecule has 1 aromatic carbocycles. The first-order chi connectivity index (χ1) is 17.6. The van der Waals surface area contributed by atoms with Gasteiger partial charge in [-0.25, -0.2) is 0 Å². The number of likely N-dealkylation sites (tertiary alicyclic amines) is 1. The van der Waals surface area contributed by atoms with Crippen molar-refractivity contribution >= 4 is 34.4 Å². The maximum absolute atomic E-state index is 12.4. The molecule has 0 bridgehead atoms. The van der Waals surface area contributed by atoms with Crippen LogP contribution in [0.5, 0.6) is 5.75 Å². The Bertz CT molecular complexity index is 1280. The average Bonchev–Trinajstić information content (AvgIpc) is 2.94. The van der Waals surface area contributed by atoms with Crippen molar-refractivity contribution in [1.29, 1.82) is 0 Å². The van der Waals surface area contributed by atoms with Gasteiger partial charge in [0.25, 0.3) is 0 Å². The first-order valence-corrected chi connectivity index (χ1v) is 12.8. The second-order valence-electron chi connectivity index (χ2n) is 9.90. The zero-order valence-corrected chi connectivity index (χ0v) is 20.6. The number of piperazine rings is 1. The Labute approximate surface area is 210 Å². The summed E-state index contributed by atoms with van der Waals surface area (Å²) in [7, 11) is 1.71. The molecule has 8 heteroatoms. The van der Waals surface area contributed by atoms with Crippen LogP contribution in [-0.4, -0.2) is 85.0 Å². The van der Waals surface area contributed by atoms with Crippen molar-refractivity contribution in [2.24, 2.45) is 10.9 Å². The van der Waals surface area contributed by atoms with Crippen molar-refractivity contribution in [2.75, 3.05) is 51.3 Å². The van der Waals surface area contributed by atoms with Gasteiger partial charge in [0.15, 0.2) is 0 Å². The molecule has 0 radical (unpaired) electrons. The highest BCUT2D eigenvalue weighted by Crippen LogP contribution is 2.35. The minimum absolute atomic E-state index is 0.182. The molecule has 36 heavy (non-hydrogen) atoms. The highest BCUT2D eigenvalue weighted by atomic mass is 16.5. The summed E-state index contributed by atoms with van der Waals surface area (Å²) in [6.45, 7) is 5.70. The zero-order chi connectivity index (χ0) is 24.6. The molecule has 1 atom stereocenters. The number of allylic oxidation sites excluding steroid dienone is 3. The number of dihydropyridines is 1. The number of anilines is 1. The van der Waals surface area contributed by atoms with E-state index in [1.807, 2.05) is 18.3 Å². The van der Waals surface area contributed by atoms with Crippen LogP contribution in [0.25, 0.3) is 10.9 Å². The van der Waals surface area contributed by atoms with E-state index in [2.05, 4.69) is 36.8 Å². The summed E-state index contributed by atoms with van der Waals surface area (Å²) in [5.41, 5.74) is 3.88. The van der Waals surface area contributed by atoms with E-state index in [-0.39, 0.29) is 18.0 Å². The molecule has 2 fully saturated rings. The van der Waals surface area contributed by atoms with Gasteiger partial charge in [0, 0.05) is 74.9 Å². The number of aliphatic imine (C=N–C) groups is 1. The number of fused-ring (bicyclic) bond motifs is 2. The van der Waals surface area contributed by atoms with Crippen LogP contribution in [0.1, 0.15) is 19.3 Å². The van der Waals surface area contributed by atoms with Crippen molar-refractivity contribution in [2.45, 2.75) is 25.3 Å². The quantitative estimate of drug-likeness (QED) is 0.617. The third kappa shape index (κ3) is 4.09. The van der Waals surface area contributed by atoms with Crippen molar-refractivity contribution < 1.29 is 14.3 Å². The van der Waals surface area contributed by atoms with Crippen LogP contribution in [0.4, 0.5) is 5.69 Å². The monoisotopic (exact) mass is 485 g/mol. The molecule has 0 spiro atoms. The van der Waals surface area contributed by atoms with Gasteiger partial charge in [0.1, 0.15) is 5.75 Å². The summed E-state index contributed by atoms with van der Waals surface area (Å²) in [6.07, 6.45) is 9.42. The Hall–Kier alpha value is -3.52. The minimum Gasteiger partial charge on any atom is -0.497 e. The lowest BCUT2D eigenvalue weighted by molar-refractivity contribution is -0.138. The number of methoxy groups -OCH3 is 1. The Morgan fingerprint density at radius 2 is 1.81 bits per heavy atom. The fourth-order valence-corrected chi connectivity index (χ4v) is 6.03. The molecule has 0 N–H and O–H groups in total. The first kappa shape index (κ1) is 22.9. The van der Waals surface area contributed by atoms with E-state index >= 15 is 0 Å². The molecule has 4 heterocycles. The smallest absolute Gasteiger partial charge is 0.211 e. The Kier molecular flexibility index (Phi) is 6.05. The van der Waals surface area contributed by atoms with Gasteiger partial charge in [-0.15, -0.1) is 0 Å². The molecule has 186 valence electrons. The topological polar surface area (TPSA) is 78.3 Å². The highest BCUT2D eigenvalue weighted by Gasteiger charge is 2.38. The molecule has 1 aliphatic carbocycles. The third-order valence-corrected chi connectivity index (χ3v) is 7.99. The minimum atomic E-state index is -0.501. The molecule has 0 saturated carbocycles. The number of aromatic nitrogens is 1. The first-order valence-electron chi connectivity index (χ1n) is 12.8. The number of Topliss-reactive ketones (excluding diaryl/α,β-unsaturated/α-hetero) is 2. The maximum atomic E-state index is 12.4. The molecular weight excluding hydrogens is 454 g/mol. The van der Waals surface area contributed by atoms with Crippen LogP contribution < -0.4 is 9.64 Å². The van der Waals surface area contributed by atoms with E-state index < -0.39 is 5.92 Å². The average molecular weight is 486 g/mol. The lowest BCUT2D eigenvalue weighted by Gasteiger charge is -2.45. The number of carbonyl (C=O) groups excluding carboxylic acids is 2. The lowest BCUT2D eigenvalue weighted by Crippen LogP contribution is -2.53. The van der Waals surface area contributed by atoms with E-state index in [0.29, 0.717) is 6.04 Å². The van der Waals surface area contributed by atoms with Crippen LogP contribution in [0.15, 0.2) is 59.0 Å². The Morgan fingerprint density at radius 1 is 1.00 bits per heavy atom. The number of hydrogen-bond acceptors (Lipinski definition) is 8. The second-order valence-corrected chi connectivity index (χ2v) is 9.90. The molecule has 3 aliphatic heterocycles. The standard InChI is InChI=1S/C28H31N5O3/c1-36-21-16-19-4-2-8-29-26(19)23(17-21)33-14-12-31(13-15-33)20-6-10-32(11-7-20)24-18-25(34)28(35)22-5-3-9-30-27(22)24/h2-5,8-9,16-17,20,22H,6-7,10-15,18H2,1H3. The van der Waals surface area contributed by atoms with Crippen LogP contribution in [-0.2, 0) is 9.59 Å². The number of rotatable bonds is 4. The summed E-state index contributed by atoms with van der Waals surface area (Å²) in [5, 5.41) is 1.10. The summed E-state index contributed by atoms with van der Waals surface area (Å²) in [4.78, 5) is 41.2. The van der Waals surface area contributed by atoms with Gasteiger partial charge in [-0.05, 0) is 31.1 Å². The fourth-order valence-electron chi connectivity index (χ4n) is 6.03. The number of ether oxygens (including phenoxy) is 1. The van der Waals surface area contributed by atoms with Gasteiger partial charge in [0.2, 0.25) is 11.6 Å². The summed E-state index contributed by atoms with van der Waals surface area (Å²) < 4.78 is 5.55. The predicted molar refractivity (Wildman–Crippen MR) is 139 cm³/mol. The maximum Gasteiger partial charge on any atom is 0.211 e. The number of carbonyl (C=O) groups is 2. The zero-order valence-electron chi connectivity index (χ0n) is 20.6. The normalized spacial score (nSPS) is 23.5. The third-order valence-electron chi connectivity index (χ3n) is 7.99. The number of hydrogen-bond donors (Lipinski definition) is 0. The summed E-state index contributed by atoms with van der Waals surface area (Å²) in [5.74, 6) is -0.259. The highest BCUT2D eigenvalue weighted by molar-refractivity contribution is 6.40. The van der Waals surface area contributed by atoms with E-state index in [1.165, 1.54) is 0 Å². The fraction of sp³-hybridized carbons (Fsp3) is 0.429. The van der Waals surface area contributed by atoms with E-state index in [9.17, 15) is 9.59 Å². The molecule has 1 aromatic heterocycles. The van der Waals surface area contributed by atoms with E-state index in [1.54, 1.807) is 25.5 Å².